The van der Waals surface area contributed by atoms with E-state index < -0.39 is 0 Å². The Bertz CT molecular complexity index is 828. The number of hydrogen-bond acceptors (Lipinski definition) is 3. The first-order valence-corrected chi connectivity index (χ1v) is 8.90. The second-order valence-electron chi connectivity index (χ2n) is 4.83. The van der Waals surface area contributed by atoms with Gasteiger partial charge in [0.2, 0.25) is 0 Å². The molecule has 23 heavy (non-hydrogen) atoms. The second kappa shape index (κ2) is 7.14. The maximum atomic E-state index is 6.23. The third kappa shape index (κ3) is 3.50. The largest absolute Gasteiger partial charge is 0.305 e. The highest BCUT2D eigenvalue weighted by atomic mass is 35.5. The molecule has 0 bridgehead atoms. The van der Waals surface area contributed by atoms with Crippen LogP contribution in [0.1, 0.15) is 5.56 Å². The zero-order chi connectivity index (χ0) is 16.4. The number of hydrogen-bond donors (Lipinski definition) is 0. The van der Waals surface area contributed by atoms with E-state index >= 15 is 0 Å². The molecular weight excluding hydrogens is 373 g/mol. The van der Waals surface area contributed by atoms with Crippen molar-refractivity contribution < 1.29 is 0 Å². The quantitative estimate of drug-likeness (QED) is 0.538. The molecule has 0 saturated heterocycles. The summed E-state index contributed by atoms with van der Waals surface area (Å²) in [5, 5.41) is 11.2. The average molecular weight is 385 g/mol. The fraction of sp³-hybridized carbons (Fsp3) is 0.125. The molecule has 7 heteroatoms. The zero-order valence-electron chi connectivity index (χ0n) is 12.1. The molecule has 3 nitrogen and oxygen atoms in total. The van der Waals surface area contributed by atoms with Crippen LogP contribution < -0.4 is 0 Å². The number of nitrogens with zero attached hydrogens (tertiary/aromatic N) is 3. The Kier molecular flexibility index (Phi) is 5.17. The molecule has 0 radical (unpaired) electrons. The van der Waals surface area contributed by atoms with Gasteiger partial charge in [-0.1, -0.05) is 64.8 Å². The molecule has 0 aliphatic rings. The smallest absolute Gasteiger partial charge is 0.191 e. The highest BCUT2D eigenvalue weighted by molar-refractivity contribution is 7.98. The maximum Gasteiger partial charge on any atom is 0.191 e. The van der Waals surface area contributed by atoms with Crippen molar-refractivity contribution in [2.45, 2.75) is 10.9 Å². The Morgan fingerprint density at radius 2 is 1.57 bits per heavy atom. The van der Waals surface area contributed by atoms with Gasteiger partial charge in [0.15, 0.2) is 11.0 Å². The van der Waals surface area contributed by atoms with E-state index in [4.69, 9.17) is 34.8 Å². The molecule has 0 fully saturated rings. The number of halogens is 3. The molecule has 0 unspecified atom stereocenters. The molecule has 1 aromatic heterocycles. The monoisotopic (exact) mass is 383 g/mol. The van der Waals surface area contributed by atoms with Gasteiger partial charge < -0.3 is 4.57 Å². The van der Waals surface area contributed by atoms with E-state index in [1.54, 1.807) is 0 Å². The number of rotatable bonds is 4. The predicted octanol–water partition coefficient (Wildman–Crippen LogP) is 5.73. The van der Waals surface area contributed by atoms with Gasteiger partial charge in [0.1, 0.15) is 0 Å². The summed E-state index contributed by atoms with van der Waals surface area (Å²) in [6.45, 7) is 0. The van der Waals surface area contributed by atoms with Gasteiger partial charge >= 0.3 is 0 Å². The van der Waals surface area contributed by atoms with Crippen LogP contribution in [0.2, 0.25) is 15.1 Å². The van der Waals surface area contributed by atoms with Crippen molar-refractivity contribution in [1.82, 2.24) is 14.8 Å². The van der Waals surface area contributed by atoms with Crippen molar-refractivity contribution in [2.24, 2.45) is 7.05 Å². The fourth-order valence-electron chi connectivity index (χ4n) is 2.12. The van der Waals surface area contributed by atoms with Crippen LogP contribution >= 0.6 is 46.6 Å². The van der Waals surface area contributed by atoms with Gasteiger partial charge in [-0.05, 0) is 29.8 Å². The van der Waals surface area contributed by atoms with Crippen molar-refractivity contribution in [1.29, 1.82) is 0 Å². The Morgan fingerprint density at radius 3 is 2.26 bits per heavy atom. The average Bonchev–Trinajstić information content (AvgIpc) is 2.88. The van der Waals surface area contributed by atoms with Crippen LogP contribution in [0.5, 0.6) is 0 Å². The summed E-state index contributed by atoms with van der Waals surface area (Å²) in [7, 11) is 1.91. The summed E-state index contributed by atoms with van der Waals surface area (Å²) in [5.74, 6) is 1.34. The molecule has 0 N–H and O–H groups in total. The van der Waals surface area contributed by atoms with Gasteiger partial charge in [-0.25, -0.2) is 0 Å². The molecule has 0 amide bonds. The predicted molar refractivity (Wildman–Crippen MR) is 97.5 cm³/mol. The van der Waals surface area contributed by atoms with Gasteiger partial charge in [-0.2, -0.15) is 0 Å². The lowest BCUT2D eigenvalue weighted by molar-refractivity contribution is 0.794. The van der Waals surface area contributed by atoms with Gasteiger partial charge in [-0.15, -0.1) is 10.2 Å². The molecule has 118 valence electrons. The second-order valence-corrected chi connectivity index (χ2v) is 7.00. The summed E-state index contributed by atoms with van der Waals surface area (Å²) in [6.07, 6.45) is 0. The van der Waals surface area contributed by atoms with E-state index in [9.17, 15) is 0 Å². The lowest BCUT2D eigenvalue weighted by Crippen LogP contribution is -1.96. The lowest BCUT2D eigenvalue weighted by Gasteiger charge is -2.07. The van der Waals surface area contributed by atoms with Gasteiger partial charge in [0.25, 0.3) is 0 Å². The topological polar surface area (TPSA) is 30.7 Å². The molecule has 1 heterocycles. The summed E-state index contributed by atoms with van der Waals surface area (Å²) in [6, 6.07) is 13.1. The van der Waals surface area contributed by atoms with E-state index in [-0.39, 0.29) is 0 Å². The summed E-state index contributed by atoms with van der Waals surface area (Å²) >= 11 is 20.2. The molecule has 0 aliphatic carbocycles. The van der Waals surface area contributed by atoms with E-state index in [1.807, 2.05) is 54.1 Å². The minimum absolute atomic E-state index is 0.618. The van der Waals surface area contributed by atoms with Crippen molar-refractivity contribution in [3.05, 3.63) is 63.1 Å². The first-order chi connectivity index (χ1) is 11.1. The first kappa shape index (κ1) is 16.7. The summed E-state index contributed by atoms with van der Waals surface area (Å²) < 4.78 is 1.91. The molecule has 0 aliphatic heterocycles. The Morgan fingerprint density at radius 1 is 0.913 bits per heavy atom. The van der Waals surface area contributed by atoms with Gasteiger partial charge in [-0.3, -0.25) is 0 Å². The third-order valence-electron chi connectivity index (χ3n) is 3.36. The van der Waals surface area contributed by atoms with Gasteiger partial charge in [0, 0.05) is 28.4 Å². The van der Waals surface area contributed by atoms with Crippen LogP contribution in [0, 0.1) is 0 Å². The molecule has 0 spiro atoms. The van der Waals surface area contributed by atoms with Crippen molar-refractivity contribution >= 4 is 46.6 Å². The van der Waals surface area contributed by atoms with Crippen LogP contribution in [0.3, 0.4) is 0 Å². The van der Waals surface area contributed by atoms with Crippen molar-refractivity contribution in [3.63, 3.8) is 0 Å². The molecular formula is C16H12Cl3N3S. The third-order valence-corrected chi connectivity index (χ3v) is 5.44. The van der Waals surface area contributed by atoms with E-state index in [2.05, 4.69) is 10.2 Å². The van der Waals surface area contributed by atoms with Crippen LogP contribution in [-0.2, 0) is 12.8 Å². The molecule has 2 aromatic carbocycles. The summed E-state index contributed by atoms with van der Waals surface area (Å²) in [5.41, 5.74) is 1.75. The van der Waals surface area contributed by atoms with Crippen molar-refractivity contribution in [3.8, 4) is 11.4 Å². The first-order valence-electron chi connectivity index (χ1n) is 6.78. The van der Waals surface area contributed by atoms with Gasteiger partial charge in [0.05, 0.1) is 5.02 Å². The maximum absolute atomic E-state index is 6.23. The van der Waals surface area contributed by atoms with Crippen LogP contribution in [0.15, 0.2) is 47.6 Å². The zero-order valence-corrected chi connectivity index (χ0v) is 15.2. The van der Waals surface area contributed by atoms with Crippen LogP contribution in [-0.4, -0.2) is 14.8 Å². The standard InChI is InChI=1S/C16H12Cl3N3S/c1-22-15(10-5-2-3-6-12(10)17)20-21-16(22)23-9-11-13(18)7-4-8-14(11)19/h2-8H,9H2,1H3. The highest BCUT2D eigenvalue weighted by Crippen LogP contribution is 2.33. The number of benzene rings is 2. The Labute approximate surface area is 153 Å². The molecule has 3 rings (SSSR count). The van der Waals surface area contributed by atoms with Crippen molar-refractivity contribution in [2.75, 3.05) is 0 Å². The van der Waals surface area contributed by atoms with Crippen LogP contribution in [0.25, 0.3) is 11.4 Å². The molecule has 0 atom stereocenters. The summed E-state index contributed by atoms with van der Waals surface area (Å²) in [4.78, 5) is 0. The normalized spacial score (nSPS) is 11.0. The van der Waals surface area contributed by atoms with E-state index in [0.29, 0.717) is 20.8 Å². The highest BCUT2D eigenvalue weighted by Gasteiger charge is 2.14. The van der Waals surface area contributed by atoms with Crippen LogP contribution in [0.4, 0.5) is 0 Å². The Balaban J connectivity index is 1.85. The van der Waals surface area contributed by atoms with E-state index in [0.717, 1.165) is 22.1 Å². The minimum atomic E-state index is 0.618. The Hall–Kier alpha value is -1.20. The number of thioether (sulfide) groups is 1. The van der Waals surface area contributed by atoms with E-state index in [1.165, 1.54) is 11.8 Å². The molecule has 3 aromatic rings. The SMILES string of the molecule is Cn1c(SCc2c(Cl)cccc2Cl)nnc1-c1ccccc1Cl. The lowest BCUT2D eigenvalue weighted by atomic mass is 10.2. The molecule has 0 saturated carbocycles. The number of aromatic nitrogens is 3. The fourth-order valence-corrected chi connectivity index (χ4v) is 4.00. The minimum Gasteiger partial charge on any atom is -0.305 e.